The van der Waals surface area contributed by atoms with Crippen LogP contribution in [0.1, 0.15) is 125 Å². The Bertz CT molecular complexity index is 3840. The van der Waals surface area contributed by atoms with E-state index in [1.54, 1.807) is 78.3 Å². The number of benzene rings is 10. The van der Waals surface area contributed by atoms with Crippen LogP contribution in [0.2, 0.25) is 0 Å². The van der Waals surface area contributed by atoms with Gasteiger partial charge in [-0.2, -0.15) is 0 Å². The van der Waals surface area contributed by atoms with E-state index >= 15 is 0 Å². The standard InChI is InChI=1S/C15H15NO2.C15H14O2.2C15H12O2.C8H6O3.C7H10P2.C4H8O.BrH/c17-15(16-18)14-8-4-7-13(11-14)10-9-12-5-2-1-3-6-12;3*16-15(17)14-8-4-7-13(11-14)10-9-12-5-2-1-3-6-12;9-5-6-2-1-3-7(4-6)8(10)11;8-9-6-7-4-2-1-3-5-7;1-2-4-5-3-1;/h1-8,11,18H,9-10H2,(H,16,17);1-8,11H,9-10H2,(H,16,17);2*1-11H,(H,16,17);1-5H,(H,10,11);1-5,9H,6,8H2;1-4H2;1H/b;;10-9+;10-9-;;;;. The number of nitrogens with one attached hydrogen (secondary N) is 1. The molecule has 0 aliphatic carbocycles. The summed E-state index contributed by atoms with van der Waals surface area (Å²) in [6, 6.07) is 84.8. The number of hydroxylamine groups is 1. The van der Waals surface area contributed by atoms with Gasteiger partial charge in [-0.15, -0.1) is 0 Å². The highest BCUT2D eigenvalue weighted by atomic mass is 79.9. The van der Waals surface area contributed by atoms with Gasteiger partial charge in [0.15, 0.2) is 0 Å². The lowest BCUT2D eigenvalue weighted by Crippen LogP contribution is -3.00. The number of carboxylic acids is 4. The highest BCUT2D eigenvalue weighted by Crippen LogP contribution is 2.25. The minimum Gasteiger partial charge on any atom is -1.00 e. The number of carbonyl (C=O) groups is 6. The zero-order valence-electron chi connectivity index (χ0n) is 52.4. The van der Waals surface area contributed by atoms with E-state index < -0.39 is 29.8 Å². The number of aromatic carboxylic acids is 4. The van der Waals surface area contributed by atoms with Crippen molar-refractivity contribution in [3.8, 4) is 0 Å². The zero-order chi connectivity index (χ0) is 67.4. The van der Waals surface area contributed by atoms with E-state index in [0.29, 0.717) is 34.1 Å². The largest absolute Gasteiger partial charge is 1.00 e. The highest BCUT2D eigenvalue weighted by molar-refractivity contribution is 8.02. The molecular formula is C79H78BrNO12P2. The number of ether oxygens (including phenoxy) is 1. The minimum atomic E-state index is -1.02. The average Bonchev–Trinajstić information content (AvgIpc) is 3.38. The molecule has 0 bridgehead atoms. The highest BCUT2D eigenvalue weighted by Gasteiger charge is 2.07. The van der Waals surface area contributed by atoms with Gasteiger partial charge in [-0.3, -0.25) is 14.8 Å². The smallest absolute Gasteiger partial charge is 0.335 e. The first-order valence-corrected chi connectivity index (χ1v) is 33.7. The van der Waals surface area contributed by atoms with Gasteiger partial charge in [0.05, 0.1) is 22.3 Å². The number of hydrogen-bond donors (Lipinski definition) is 6. The van der Waals surface area contributed by atoms with Crippen LogP contribution in [-0.2, 0) is 36.6 Å². The molecule has 13 nitrogen and oxygen atoms in total. The normalized spacial score (nSPS) is 10.9. The van der Waals surface area contributed by atoms with Crippen LogP contribution in [0.15, 0.2) is 273 Å². The number of aryl methyl sites for hydroxylation is 4. The summed E-state index contributed by atoms with van der Waals surface area (Å²) in [5.74, 6) is -4.17. The molecule has 0 spiro atoms. The molecule has 16 heteroatoms. The molecule has 11 rings (SSSR count). The van der Waals surface area contributed by atoms with Crippen LogP contribution in [0.5, 0.6) is 0 Å². The van der Waals surface area contributed by atoms with Gasteiger partial charge in [0.1, 0.15) is 6.29 Å². The van der Waals surface area contributed by atoms with E-state index in [1.165, 1.54) is 53.9 Å². The Balaban J connectivity index is 0.000000241. The van der Waals surface area contributed by atoms with E-state index in [-0.39, 0.29) is 22.5 Å². The van der Waals surface area contributed by atoms with Crippen LogP contribution >= 0.6 is 17.2 Å². The molecular weight excluding hydrogens is 1300 g/mol. The third-order valence-corrected chi connectivity index (χ3v) is 15.0. The Morgan fingerprint density at radius 2 is 0.653 bits per heavy atom. The second kappa shape index (κ2) is 46.1. The Hall–Kier alpha value is -10.0. The molecule has 1 amide bonds. The minimum absolute atomic E-state index is 0. The maximum absolute atomic E-state index is 11.3. The summed E-state index contributed by atoms with van der Waals surface area (Å²) in [5, 5.41) is 43.7. The summed E-state index contributed by atoms with van der Waals surface area (Å²) in [4.78, 5) is 64.3. The van der Waals surface area contributed by atoms with Crippen molar-refractivity contribution in [2.24, 2.45) is 0 Å². The maximum atomic E-state index is 11.3. The van der Waals surface area contributed by atoms with Crippen LogP contribution in [0.25, 0.3) is 24.3 Å². The molecule has 0 radical (unpaired) electrons. The van der Waals surface area contributed by atoms with Gasteiger partial charge in [-0.05, 0) is 158 Å². The van der Waals surface area contributed by atoms with Crippen molar-refractivity contribution in [1.29, 1.82) is 0 Å². The van der Waals surface area contributed by atoms with Crippen LogP contribution in [0, 0.1) is 0 Å². The van der Waals surface area contributed by atoms with Crippen LogP contribution in [-0.4, -0.2) is 74.9 Å². The number of carbonyl (C=O) groups excluding carboxylic acids is 2. The van der Waals surface area contributed by atoms with E-state index in [1.807, 2.05) is 152 Å². The Labute approximate surface area is 570 Å². The second-order valence-corrected chi connectivity index (χ2v) is 23.1. The molecule has 488 valence electrons. The first-order chi connectivity index (χ1) is 45.7. The molecule has 95 heavy (non-hydrogen) atoms. The number of carboxylic acid groups (broad SMARTS) is 4. The predicted molar refractivity (Wildman–Crippen MR) is 383 cm³/mol. The first kappa shape index (κ1) is 77.4. The van der Waals surface area contributed by atoms with Gasteiger partial charge in [0.2, 0.25) is 0 Å². The molecule has 0 saturated carbocycles. The first-order valence-electron chi connectivity index (χ1n) is 30.2. The third kappa shape index (κ3) is 32.4. The molecule has 2 unspecified atom stereocenters. The van der Waals surface area contributed by atoms with Crippen molar-refractivity contribution in [3.05, 3.63) is 356 Å². The average molecular weight is 1380 g/mol. The molecule has 0 aromatic heterocycles. The van der Waals surface area contributed by atoms with E-state index in [2.05, 4.69) is 63.5 Å². The summed E-state index contributed by atoms with van der Waals surface area (Å²) < 4.78 is 4.94. The maximum Gasteiger partial charge on any atom is 0.335 e. The van der Waals surface area contributed by atoms with Gasteiger partial charge in [0, 0.05) is 38.8 Å². The quantitative estimate of drug-likeness (QED) is 0.0155. The van der Waals surface area contributed by atoms with E-state index in [9.17, 15) is 28.8 Å². The molecule has 6 N–H and O–H groups in total. The fourth-order valence-electron chi connectivity index (χ4n) is 8.72. The predicted octanol–water partition coefficient (Wildman–Crippen LogP) is 14.3. The number of hydrogen-bond acceptors (Lipinski definition) is 8. The zero-order valence-corrected chi connectivity index (χ0v) is 56.4. The van der Waals surface area contributed by atoms with Gasteiger partial charge >= 0.3 is 23.9 Å². The Morgan fingerprint density at radius 1 is 0.368 bits per heavy atom. The molecule has 1 fully saturated rings. The molecule has 1 heterocycles. The summed E-state index contributed by atoms with van der Waals surface area (Å²) in [7, 11) is 3.12. The van der Waals surface area contributed by atoms with Gasteiger partial charge in [-0.1, -0.05) is 237 Å². The number of rotatable bonds is 18. The SMILES string of the molecule is C1CCOC1.O=C(NO)c1cccc(CCc2ccccc2)c1.O=C(O)c1cccc(/C=C/c2ccccc2)c1.O=C(O)c1cccc(/C=C\c2ccccc2)c1.O=C(O)c1cccc(CCc2ccccc2)c1.O=Cc1cccc(C(=O)O)c1.[Br-].[PH3+]PCc1ccccc1. The number of aldehydes is 1. The van der Waals surface area contributed by atoms with Crippen LogP contribution in [0.3, 0.4) is 0 Å². The molecule has 10 aromatic carbocycles. The van der Waals surface area contributed by atoms with E-state index in [4.69, 9.17) is 30.4 Å². The number of halogens is 1. The topological polar surface area (TPSA) is 225 Å². The third-order valence-electron chi connectivity index (χ3n) is 13.6. The molecule has 1 aliphatic rings. The second-order valence-electron chi connectivity index (χ2n) is 20.7. The van der Waals surface area contributed by atoms with Crippen molar-refractivity contribution in [1.82, 2.24) is 5.48 Å². The van der Waals surface area contributed by atoms with Gasteiger partial charge in [-0.25, -0.2) is 24.7 Å². The van der Waals surface area contributed by atoms with Crippen molar-refractivity contribution in [2.75, 3.05) is 13.2 Å². The van der Waals surface area contributed by atoms with Crippen molar-refractivity contribution < 1.29 is 76.1 Å². The fraction of sp³-hybridized carbons (Fsp3) is 0.114. The Kier molecular flexibility index (Phi) is 37.6. The van der Waals surface area contributed by atoms with Crippen molar-refractivity contribution in [2.45, 2.75) is 44.7 Å². The lowest BCUT2D eigenvalue weighted by atomic mass is 10.0. The molecule has 2 atom stereocenters. The number of amides is 1. The lowest BCUT2D eigenvalue weighted by Gasteiger charge is -2.04. The van der Waals surface area contributed by atoms with Gasteiger partial charge in [0.25, 0.3) is 5.91 Å². The summed E-state index contributed by atoms with van der Waals surface area (Å²) >= 11 is 0. The molecule has 10 aromatic rings. The van der Waals surface area contributed by atoms with Crippen LogP contribution in [0.4, 0.5) is 0 Å². The molecule has 1 aliphatic heterocycles. The fourth-order valence-corrected chi connectivity index (χ4v) is 10.1. The van der Waals surface area contributed by atoms with E-state index in [0.717, 1.165) is 80.5 Å². The van der Waals surface area contributed by atoms with Gasteiger partial charge < -0.3 is 42.1 Å². The van der Waals surface area contributed by atoms with Crippen molar-refractivity contribution >= 4 is 77.6 Å². The van der Waals surface area contributed by atoms with Crippen LogP contribution < -0.4 is 22.5 Å². The summed E-state index contributed by atoms with van der Waals surface area (Å²) in [6.07, 6.45) is 15.8. The molecule has 1 saturated heterocycles. The summed E-state index contributed by atoms with van der Waals surface area (Å²) in [5.41, 5.74) is 13.7. The Morgan fingerprint density at radius 3 is 1.00 bits per heavy atom. The van der Waals surface area contributed by atoms with Crippen molar-refractivity contribution in [3.63, 3.8) is 0 Å². The monoisotopic (exact) mass is 1370 g/mol. The summed E-state index contributed by atoms with van der Waals surface area (Å²) in [6.45, 7) is 2.00. The lowest BCUT2D eigenvalue weighted by molar-refractivity contribution is -0.0000889.